The van der Waals surface area contributed by atoms with Gasteiger partial charge in [-0.05, 0) is 63.3 Å². The average molecular weight is 395 g/mol. The minimum Gasteiger partial charge on any atom is -0.338 e. The van der Waals surface area contributed by atoms with Gasteiger partial charge in [0.2, 0.25) is 0 Å². The Bertz CT molecular complexity index is 981. The summed E-state index contributed by atoms with van der Waals surface area (Å²) in [6, 6.07) is 12.7. The molecular weight excluding hydrogens is 368 g/mol. The first-order valence-corrected chi connectivity index (χ1v) is 11.1. The fourth-order valence-electron chi connectivity index (χ4n) is 3.99. The van der Waals surface area contributed by atoms with Crippen molar-refractivity contribution in [3.8, 4) is 5.69 Å². The summed E-state index contributed by atoms with van der Waals surface area (Å²) in [6.07, 6.45) is 4.88. The van der Waals surface area contributed by atoms with E-state index in [0.717, 1.165) is 64.9 Å². The number of hydrogen-bond acceptors (Lipinski definition) is 4. The third-order valence-electron chi connectivity index (χ3n) is 5.93. The summed E-state index contributed by atoms with van der Waals surface area (Å²) in [7, 11) is 0. The molecule has 6 heteroatoms. The van der Waals surface area contributed by atoms with E-state index in [1.165, 1.54) is 12.8 Å². The van der Waals surface area contributed by atoms with Crippen molar-refractivity contribution < 1.29 is 4.79 Å². The van der Waals surface area contributed by atoms with E-state index in [0.29, 0.717) is 6.04 Å². The second-order valence-electron chi connectivity index (χ2n) is 8.08. The first-order chi connectivity index (χ1) is 13.7. The Hall–Kier alpha value is -2.18. The van der Waals surface area contributed by atoms with Gasteiger partial charge in [0.05, 0.1) is 16.3 Å². The summed E-state index contributed by atoms with van der Waals surface area (Å²) >= 11 is 1.56. The Morgan fingerprint density at radius 1 is 1.18 bits per heavy atom. The van der Waals surface area contributed by atoms with E-state index in [1.54, 1.807) is 11.3 Å². The Balaban J connectivity index is 1.31. The molecule has 1 amide bonds. The number of carbonyl (C=O) groups excluding carboxylic acids is 1. The Labute approximate surface area is 169 Å². The number of nitrogens with zero attached hydrogens (tertiary/aromatic N) is 3. The maximum atomic E-state index is 13.1. The van der Waals surface area contributed by atoms with E-state index >= 15 is 0 Å². The Morgan fingerprint density at radius 2 is 1.93 bits per heavy atom. The summed E-state index contributed by atoms with van der Waals surface area (Å²) in [5, 5.41) is 9.44. The molecule has 1 saturated carbocycles. The molecule has 1 N–H and O–H groups in total. The van der Waals surface area contributed by atoms with Gasteiger partial charge in [-0.3, -0.25) is 4.79 Å². The number of amides is 1. The molecule has 0 radical (unpaired) electrons. The van der Waals surface area contributed by atoms with Gasteiger partial charge in [-0.1, -0.05) is 18.2 Å². The molecule has 5 rings (SSSR count). The lowest BCUT2D eigenvalue weighted by Gasteiger charge is -2.32. The maximum absolute atomic E-state index is 13.1. The first-order valence-electron chi connectivity index (χ1n) is 10.3. The molecule has 0 bridgehead atoms. The third kappa shape index (κ3) is 3.47. The van der Waals surface area contributed by atoms with Crippen molar-refractivity contribution in [2.45, 2.75) is 38.6 Å². The van der Waals surface area contributed by atoms with Crippen LogP contribution in [0.3, 0.4) is 0 Å². The fraction of sp³-hybridized carbons (Fsp3) is 0.455. The molecule has 2 aliphatic rings. The zero-order valence-electron chi connectivity index (χ0n) is 16.2. The molecule has 146 valence electrons. The molecular formula is C22H26N4OS. The molecule has 1 aliphatic heterocycles. The van der Waals surface area contributed by atoms with Gasteiger partial charge in [0.25, 0.3) is 5.91 Å². The summed E-state index contributed by atoms with van der Waals surface area (Å²) < 4.78 is 1.96. The molecule has 1 aliphatic carbocycles. The number of para-hydroxylation sites is 1. The topological polar surface area (TPSA) is 50.2 Å². The number of likely N-dealkylation sites (tertiary alicyclic amines) is 1. The number of thiophene rings is 1. The fourth-order valence-corrected chi connectivity index (χ4v) is 5.15. The number of hydrogen-bond donors (Lipinski definition) is 1. The predicted octanol–water partition coefficient (Wildman–Crippen LogP) is 4.00. The molecule has 1 aromatic carbocycles. The van der Waals surface area contributed by atoms with Gasteiger partial charge in [0.1, 0.15) is 4.83 Å². The second kappa shape index (κ2) is 7.33. The molecule has 0 spiro atoms. The molecule has 28 heavy (non-hydrogen) atoms. The number of piperidine rings is 1. The molecule has 2 aromatic heterocycles. The molecule has 1 saturated heterocycles. The normalized spacial score (nSPS) is 18.1. The molecule has 3 aromatic rings. The minimum absolute atomic E-state index is 0.167. The molecule has 3 heterocycles. The van der Waals surface area contributed by atoms with E-state index in [4.69, 9.17) is 0 Å². The monoisotopic (exact) mass is 394 g/mol. The zero-order chi connectivity index (χ0) is 19.1. The number of carbonyl (C=O) groups is 1. The Kier molecular flexibility index (Phi) is 4.69. The second-order valence-corrected chi connectivity index (χ2v) is 9.11. The van der Waals surface area contributed by atoms with E-state index < -0.39 is 0 Å². The number of nitrogens with one attached hydrogen (secondary N) is 1. The van der Waals surface area contributed by atoms with Crippen molar-refractivity contribution in [1.82, 2.24) is 20.0 Å². The quantitative estimate of drug-likeness (QED) is 0.712. The van der Waals surface area contributed by atoms with Crippen LogP contribution in [0.2, 0.25) is 0 Å². The van der Waals surface area contributed by atoms with Crippen molar-refractivity contribution in [2.75, 3.05) is 19.6 Å². The SMILES string of the molecule is Cc1nn(-c2ccccc2)c2sc(C(=O)N3CCC(NCC4CC4)CC3)cc12. The zero-order valence-corrected chi connectivity index (χ0v) is 17.0. The van der Waals surface area contributed by atoms with Crippen LogP contribution < -0.4 is 5.32 Å². The number of rotatable bonds is 5. The standard InChI is InChI=1S/C22H26N4OS/c1-15-19-13-20(28-22(19)26(24-15)18-5-3-2-4-6-18)21(27)25-11-9-17(10-12-25)23-14-16-7-8-16/h2-6,13,16-17,23H,7-12,14H2,1H3. The van der Waals surface area contributed by atoms with E-state index in [1.807, 2.05) is 52.9 Å². The van der Waals surface area contributed by atoms with Gasteiger partial charge in [0, 0.05) is 24.5 Å². The molecule has 2 fully saturated rings. The van der Waals surface area contributed by atoms with Crippen LogP contribution in [-0.2, 0) is 0 Å². The van der Waals surface area contributed by atoms with Crippen molar-refractivity contribution in [3.05, 3.63) is 47.0 Å². The van der Waals surface area contributed by atoms with Crippen LogP contribution >= 0.6 is 11.3 Å². The van der Waals surface area contributed by atoms with Crippen LogP contribution in [0.15, 0.2) is 36.4 Å². The van der Waals surface area contributed by atoms with Gasteiger partial charge >= 0.3 is 0 Å². The van der Waals surface area contributed by atoms with Crippen LogP contribution in [-0.4, -0.2) is 46.3 Å². The smallest absolute Gasteiger partial charge is 0.264 e. The third-order valence-corrected chi connectivity index (χ3v) is 7.03. The summed E-state index contributed by atoms with van der Waals surface area (Å²) in [6.45, 7) is 4.86. The number of aryl methyl sites for hydroxylation is 1. The van der Waals surface area contributed by atoms with E-state index in [-0.39, 0.29) is 5.91 Å². The van der Waals surface area contributed by atoms with E-state index in [2.05, 4.69) is 10.4 Å². The highest BCUT2D eigenvalue weighted by molar-refractivity contribution is 7.20. The van der Waals surface area contributed by atoms with Crippen molar-refractivity contribution >= 4 is 27.5 Å². The van der Waals surface area contributed by atoms with Gasteiger partial charge < -0.3 is 10.2 Å². The van der Waals surface area contributed by atoms with Crippen LogP contribution in [0.25, 0.3) is 15.9 Å². The summed E-state index contributed by atoms with van der Waals surface area (Å²) in [5.74, 6) is 1.08. The highest BCUT2D eigenvalue weighted by Gasteiger charge is 2.27. The predicted molar refractivity (Wildman–Crippen MR) is 113 cm³/mol. The van der Waals surface area contributed by atoms with Crippen LogP contribution in [0.4, 0.5) is 0 Å². The average Bonchev–Trinajstić information content (AvgIpc) is 3.38. The summed E-state index contributed by atoms with van der Waals surface area (Å²) in [4.78, 5) is 17.0. The first kappa shape index (κ1) is 17.9. The van der Waals surface area contributed by atoms with Gasteiger partial charge in [-0.25, -0.2) is 4.68 Å². The summed E-state index contributed by atoms with van der Waals surface area (Å²) in [5.41, 5.74) is 2.00. The lowest BCUT2D eigenvalue weighted by Crippen LogP contribution is -2.45. The number of aromatic nitrogens is 2. The van der Waals surface area contributed by atoms with Crippen LogP contribution in [0.1, 0.15) is 41.0 Å². The largest absolute Gasteiger partial charge is 0.338 e. The van der Waals surface area contributed by atoms with Crippen molar-refractivity contribution in [3.63, 3.8) is 0 Å². The van der Waals surface area contributed by atoms with E-state index in [9.17, 15) is 4.79 Å². The number of fused-ring (bicyclic) bond motifs is 1. The van der Waals surface area contributed by atoms with Gasteiger partial charge in [-0.15, -0.1) is 11.3 Å². The number of benzene rings is 1. The van der Waals surface area contributed by atoms with Gasteiger partial charge in [-0.2, -0.15) is 5.10 Å². The molecule has 0 unspecified atom stereocenters. The van der Waals surface area contributed by atoms with Crippen LogP contribution in [0.5, 0.6) is 0 Å². The maximum Gasteiger partial charge on any atom is 0.264 e. The highest BCUT2D eigenvalue weighted by atomic mass is 32.1. The van der Waals surface area contributed by atoms with Crippen molar-refractivity contribution in [2.24, 2.45) is 5.92 Å². The molecule has 5 nitrogen and oxygen atoms in total. The Morgan fingerprint density at radius 3 is 2.64 bits per heavy atom. The molecule has 0 atom stereocenters. The lowest BCUT2D eigenvalue weighted by atomic mass is 10.0. The lowest BCUT2D eigenvalue weighted by molar-refractivity contribution is 0.0710. The van der Waals surface area contributed by atoms with Crippen molar-refractivity contribution in [1.29, 1.82) is 0 Å². The van der Waals surface area contributed by atoms with Gasteiger partial charge in [0.15, 0.2) is 0 Å². The van der Waals surface area contributed by atoms with Crippen LogP contribution in [0, 0.1) is 12.8 Å². The highest BCUT2D eigenvalue weighted by Crippen LogP contribution is 2.32. The minimum atomic E-state index is 0.167.